The molecule has 25 heavy (non-hydrogen) atoms. The molecule has 3 rings (SSSR count). The van der Waals surface area contributed by atoms with Crippen LogP contribution in [0.15, 0.2) is 70.6 Å². The standard InChI is InChI=1S/C20H22N2O2S/c1-15(2)8-13-20-21-14-19(22-20)16-9-11-18(12-10-16)25(23,24)17-6-4-3-5-7-17/h3-7,9-12,14-15H,8,13H2,1-2H3,(H,21,22). The molecule has 3 aromatic rings. The predicted molar refractivity (Wildman–Crippen MR) is 99.1 cm³/mol. The predicted octanol–water partition coefficient (Wildman–Crippen LogP) is 4.50. The van der Waals surface area contributed by atoms with Crippen LogP contribution < -0.4 is 0 Å². The van der Waals surface area contributed by atoms with Crippen molar-refractivity contribution in [2.24, 2.45) is 5.92 Å². The molecule has 1 heterocycles. The van der Waals surface area contributed by atoms with Gasteiger partial charge in [0.1, 0.15) is 5.82 Å². The van der Waals surface area contributed by atoms with Crippen molar-refractivity contribution in [1.82, 2.24) is 9.97 Å². The molecule has 0 saturated heterocycles. The first-order valence-electron chi connectivity index (χ1n) is 8.41. The first-order valence-corrected chi connectivity index (χ1v) is 9.89. The minimum absolute atomic E-state index is 0.294. The number of nitrogens with one attached hydrogen (secondary N) is 1. The maximum atomic E-state index is 12.6. The molecular formula is C20H22N2O2S. The van der Waals surface area contributed by atoms with E-state index in [4.69, 9.17) is 0 Å². The van der Waals surface area contributed by atoms with Crippen LogP contribution in [0.2, 0.25) is 0 Å². The molecule has 0 fully saturated rings. The SMILES string of the molecule is CC(C)CCc1ncc(-c2ccc(S(=O)(=O)c3ccccc3)cc2)[nH]1. The summed E-state index contributed by atoms with van der Waals surface area (Å²) < 4.78 is 25.2. The fraction of sp³-hybridized carbons (Fsp3) is 0.250. The van der Waals surface area contributed by atoms with Crippen molar-refractivity contribution in [3.63, 3.8) is 0 Å². The Hall–Kier alpha value is -2.40. The van der Waals surface area contributed by atoms with E-state index in [2.05, 4.69) is 23.8 Å². The van der Waals surface area contributed by atoms with E-state index in [0.717, 1.165) is 29.9 Å². The molecule has 0 aliphatic heterocycles. The van der Waals surface area contributed by atoms with Gasteiger partial charge in [-0.3, -0.25) is 0 Å². The van der Waals surface area contributed by atoms with Crippen LogP contribution in [-0.2, 0) is 16.3 Å². The molecule has 1 aromatic heterocycles. The number of sulfone groups is 1. The summed E-state index contributed by atoms with van der Waals surface area (Å²) in [6, 6.07) is 15.4. The number of hydrogen-bond donors (Lipinski definition) is 1. The van der Waals surface area contributed by atoms with E-state index in [1.807, 2.05) is 12.1 Å². The van der Waals surface area contributed by atoms with Crippen molar-refractivity contribution in [3.05, 3.63) is 66.6 Å². The van der Waals surface area contributed by atoms with Gasteiger partial charge in [0.15, 0.2) is 0 Å². The Bertz CT molecular complexity index is 927. The fourth-order valence-electron chi connectivity index (χ4n) is 2.61. The summed E-state index contributed by atoms with van der Waals surface area (Å²) in [4.78, 5) is 8.32. The number of aromatic amines is 1. The molecule has 0 bridgehead atoms. The zero-order valence-electron chi connectivity index (χ0n) is 14.4. The molecule has 0 amide bonds. The minimum Gasteiger partial charge on any atom is -0.342 e. The molecule has 2 aromatic carbocycles. The molecule has 0 spiro atoms. The van der Waals surface area contributed by atoms with Gasteiger partial charge in [0.25, 0.3) is 0 Å². The maximum Gasteiger partial charge on any atom is 0.206 e. The third-order valence-corrected chi connectivity index (χ3v) is 5.90. The minimum atomic E-state index is -3.48. The summed E-state index contributed by atoms with van der Waals surface area (Å²) in [7, 11) is -3.48. The number of aromatic nitrogens is 2. The number of benzene rings is 2. The van der Waals surface area contributed by atoms with Crippen molar-refractivity contribution in [1.29, 1.82) is 0 Å². The highest BCUT2D eigenvalue weighted by Crippen LogP contribution is 2.24. The summed E-state index contributed by atoms with van der Waals surface area (Å²) in [5.41, 5.74) is 1.83. The van der Waals surface area contributed by atoms with Crippen molar-refractivity contribution >= 4 is 9.84 Å². The lowest BCUT2D eigenvalue weighted by atomic mass is 10.1. The zero-order chi connectivity index (χ0) is 17.9. The van der Waals surface area contributed by atoms with E-state index in [0.29, 0.717) is 15.7 Å². The lowest BCUT2D eigenvalue weighted by Crippen LogP contribution is -2.01. The lowest BCUT2D eigenvalue weighted by Gasteiger charge is -2.05. The Morgan fingerprint density at radius 1 is 0.960 bits per heavy atom. The number of H-pyrrole nitrogens is 1. The van der Waals surface area contributed by atoms with Gasteiger partial charge >= 0.3 is 0 Å². The molecule has 0 radical (unpaired) electrons. The Kier molecular flexibility index (Phi) is 5.04. The van der Waals surface area contributed by atoms with Gasteiger partial charge in [-0.05, 0) is 42.2 Å². The highest BCUT2D eigenvalue weighted by atomic mass is 32.2. The van der Waals surface area contributed by atoms with Crippen LogP contribution in [0, 0.1) is 5.92 Å². The highest BCUT2D eigenvalue weighted by molar-refractivity contribution is 7.91. The number of hydrogen-bond acceptors (Lipinski definition) is 3. The van der Waals surface area contributed by atoms with Gasteiger partial charge in [-0.15, -0.1) is 0 Å². The van der Waals surface area contributed by atoms with Crippen LogP contribution in [0.25, 0.3) is 11.3 Å². The molecular weight excluding hydrogens is 332 g/mol. The van der Waals surface area contributed by atoms with Crippen LogP contribution in [0.4, 0.5) is 0 Å². The van der Waals surface area contributed by atoms with Gasteiger partial charge in [-0.25, -0.2) is 13.4 Å². The molecule has 0 aliphatic rings. The Morgan fingerprint density at radius 2 is 1.60 bits per heavy atom. The summed E-state index contributed by atoms with van der Waals surface area (Å²) >= 11 is 0. The first-order chi connectivity index (χ1) is 12.0. The summed E-state index contributed by atoms with van der Waals surface area (Å²) in [5, 5.41) is 0. The summed E-state index contributed by atoms with van der Waals surface area (Å²) in [6.07, 6.45) is 3.80. The zero-order valence-corrected chi connectivity index (χ0v) is 15.3. The quantitative estimate of drug-likeness (QED) is 0.709. The average Bonchev–Trinajstić information content (AvgIpc) is 3.10. The Morgan fingerprint density at radius 3 is 2.24 bits per heavy atom. The van der Waals surface area contributed by atoms with Gasteiger partial charge in [0, 0.05) is 6.42 Å². The third kappa shape index (κ3) is 3.99. The lowest BCUT2D eigenvalue weighted by molar-refractivity contribution is 0.577. The van der Waals surface area contributed by atoms with E-state index in [9.17, 15) is 8.42 Å². The van der Waals surface area contributed by atoms with E-state index >= 15 is 0 Å². The first kappa shape index (κ1) is 17.4. The van der Waals surface area contributed by atoms with Crippen LogP contribution in [-0.4, -0.2) is 18.4 Å². The molecule has 0 aliphatic carbocycles. The maximum absolute atomic E-state index is 12.6. The molecule has 4 nitrogen and oxygen atoms in total. The monoisotopic (exact) mass is 354 g/mol. The molecule has 5 heteroatoms. The summed E-state index contributed by atoms with van der Waals surface area (Å²) in [5.74, 6) is 1.60. The molecule has 1 N–H and O–H groups in total. The van der Waals surface area contributed by atoms with Crippen LogP contribution in [0.3, 0.4) is 0 Å². The number of nitrogens with zero attached hydrogens (tertiary/aromatic N) is 1. The van der Waals surface area contributed by atoms with Crippen molar-refractivity contribution < 1.29 is 8.42 Å². The largest absolute Gasteiger partial charge is 0.342 e. The topological polar surface area (TPSA) is 62.8 Å². The van der Waals surface area contributed by atoms with E-state index in [1.165, 1.54) is 0 Å². The smallest absolute Gasteiger partial charge is 0.206 e. The Balaban J connectivity index is 1.81. The highest BCUT2D eigenvalue weighted by Gasteiger charge is 2.17. The molecule has 130 valence electrons. The van der Waals surface area contributed by atoms with E-state index < -0.39 is 9.84 Å². The second-order valence-electron chi connectivity index (χ2n) is 6.52. The average molecular weight is 354 g/mol. The van der Waals surface area contributed by atoms with Crippen LogP contribution in [0.1, 0.15) is 26.1 Å². The second-order valence-corrected chi connectivity index (χ2v) is 8.47. The van der Waals surface area contributed by atoms with E-state index in [1.54, 1.807) is 48.7 Å². The molecule has 0 atom stereocenters. The van der Waals surface area contributed by atoms with Crippen molar-refractivity contribution in [3.8, 4) is 11.3 Å². The van der Waals surface area contributed by atoms with Gasteiger partial charge < -0.3 is 4.98 Å². The van der Waals surface area contributed by atoms with E-state index in [-0.39, 0.29) is 0 Å². The number of imidazole rings is 1. The second kappa shape index (κ2) is 7.23. The molecule has 0 unspecified atom stereocenters. The normalized spacial score (nSPS) is 11.8. The van der Waals surface area contributed by atoms with Crippen molar-refractivity contribution in [2.45, 2.75) is 36.5 Å². The van der Waals surface area contributed by atoms with Gasteiger partial charge in [-0.2, -0.15) is 0 Å². The number of aryl methyl sites for hydroxylation is 1. The Labute approximate surface area is 148 Å². The summed E-state index contributed by atoms with van der Waals surface area (Å²) in [6.45, 7) is 4.38. The van der Waals surface area contributed by atoms with Gasteiger partial charge in [0.2, 0.25) is 9.84 Å². The van der Waals surface area contributed by atoms with Crippen LogP contribution >= 0.6 is 0 Å². The van der Waals surface area contributed by atoms with Gasteiger partial charge in [-0.1, -0.05) is 44.2 Å². The van der Waals surface area contributed by atoms with Crippen LogP contribution in [0.5, 0.6) is 0 Å². The third-order valence-electron chi connectivity index (χ3n) is 4.12. The molecule has 0 saturated carbocycles. The van der Waals surface area contributed by atoms with Crippen molar-refractivity contribution in [2.75, 3.05) is 0 Å². The number of rotatable bonds is 6. The van der Waals surface area contributed by atoms with Gasteiger partial charge in [0.05, 0.1) is 21.7 Å². The fourth-order valence-corrected chi connectivity index (χ4v) is 3.89.